The van der Waals surface area contributed by atoms with E-state index in [0.29, 0.717) is 13.2 Å². The van der Waals surface area contributed by atoms with Crippen molar-refractivity contribution in [1.29, 1.82) is 0 Å². The van der Waals surface area contributed by atoms with E-state index in [2.05, 4.69) is 6.58 Å². The Morgan fingerprint density at radius 2 is 1.10 bits per heavy atom. The smallest absolute Gasteiger partial charge is 0.463 e. The summed E-state index contributed by atoms with van der Waals surface area (Å²) in [6.45, 7) is 6.58. The van der Waals surface area contributed by atoms with Gasteiger partial charge >= 0.3 is 14.8 Å². The second kappa shape index (κ2) is 22.5. The minimum Gasteiger partial charge on any atom is -0.463 e. The van der Waals surface area contributed by atoms with E-state index in [9.17, 15) is 4.79 Å². The zero-order valence-corrected chi connectivity index (χ0v) is 21.8. The molecule has 0 atom stereocenters. The molecule has 0 bridgehead atoms. The van der Waals surface area contributed by atoms with Crippen LogP contribution in [0.2, 0.25) is 6.04 Å². The lowest BCUT2D eigenvalue weighted by Gasteiger charge is -2.25. The second-order valence-corrected chi connectivity index (χ2v) is 11.3. The van der Waals surface area contributed by atoms with Crippen molar-refractivity contribution in [2.75, 3.05) is 27.4 Å². The number of carbonyl (C=O) groups excluding carboxylic acids is 1. The van der Waals surface area contributed by atoms with Gasteiger partial charge in [0.2, 0.25) is 0 Å². The number of unbranched alkanes of at least 4 members (excludes halogenated alkanes) is 15. The highest BCUT2D eigenvalue weighted by Gasteiger charge is 2.37. The molecule has 0 radical (unpaired) electrons. The van der Waals surface area contributed by atoms with Gasteiger partial charge in [-0.3, -0.25) is 0 Å². The average molecular weight is 459 g/mol. The lowest BCUT2D eigenvalue weighted by Crippen LogP contribution is -2.43. The molecule has 0 aliphatic heterocycles. The lowest BCUT2D eigenvalue weighted by molar-refractivity contribution is -0.137. The number of carbonyl (C=O) groups is 1. The van der Waals surface area contributed by atoms with Crippen LogP contribution in [0.4, 0.5) is 0 Å². The topological polar surface area (TPSA) is 54.0 Å². The fraction of sp³-hybridized carbons (Fsp3) is 0.880. The minimum atomic E-state index is -2.38. The maximum Gasteiger partial charge on any atom is 0.500 e. The number of esters is 1. The van der Waals surface area contributed by atoms with Crippen LogP contribution in [0.15, 0.2) is 12.7 Å². The third-order valence-corrected chi connectivity index (χ3v) is 8.71. The van der Waals surface area contributed by atoms with Crippen LogP contribution < -0.4 is 0 Å². The predicted molar refractivity (Wildman–Crippen MR) is 131 cm³/mol. The second-order valence-electron chi connectivity index (χ2n) is 8.30. The zero-order chi connectivity index (χ0) is 23.0. The van der Waals surface area contributed by atoms with Crippen molar-refractivity contribution in [1.82, 2.24) is 0 Å². The van der Waals surface area contributed by atoms with Gasteiger partial charge in [-0.05, 0) is 19.8 Å². The molecule has 6 heteroatoms. The van der Waals surface area contributed by atoms with Gasteiger partial charge in [0.1, 0.15) is 0 Å². The maximum absolute atomic E-state index is 10.9. The van der Waals surface area contributed by atoms with Gasteiger partial charge in [0.15, 0.2) is 0 Å². The molecule has 0 N–H and O–H groups in total. The Labute approximate surface area is 193 Å². The molecule has 0 fully saturated rings. The standard InChI is InChI=1S/C25H50O5Si/c1-5-25(26)29-23-21-19-17-15-13-11-9-7-8-10-12-14-16-18-20-22-24-31(27-3,28-4)30-6-2/h5H,1,6-24H2,2-4H3. The summed E-state index contributed by atoms with van der Waals surface area (Å²) in [5.41, 5.74) is 0. The van der Waals surface area contributed by atoms with Crippen LogP contribution in [0.3, 0.4) is 0 Å². The zero-order valence-electron chi connectivity index (χ0n) is 20.8. The van der Waals surface area contributed by atoms with E-state index in [1.807, 2.05) is 6.92 Å². The molecule has 31 heavy (non-hydrogen) atoms. The molecule has 184 valence electrons. The molecule has 0 unspecified atom stereocenters. The fourth-order valence-corrected chi connectivity index (χ4v) is 5.93. The quantitative estimate of drug-likeness (QED) is 0.0661. The van der Waals surface area contributed by atoms with Crippen LogP contribution in [0.5, 0.6) is 0 Å². The van der Waals surface area contributed by atoms with Gasteiger partial charge in [0.25, 0.3) is 0 Å². The Balaban J connectivity index is 3.26. The van der Waals surface area contributed by atoms with Crippen molar-refractivity contribution in [3.63, 3.8) is 0 Å². The van der Waals surface area contributed by atoms with Gasteiger partial charge in [-0.2, -0.15) is 0 Å². The molecule has 0 saturated carbocycles. The fourth-order valence-electron chi connectivity index (χ4n) is 3.85. The van der Waals surface area contributed by atoms with Crippen LogP contribution in [-0.4, -0.2) is 42.2 Å². The van der Waals surface area contributed by atoms with E-state index in [-0.39, 0.29) is 5.97 Å². The van der Waals surface area contributed by atoms with Crippen molar-refractivity contribution < 1.29 is 22.8 Å². The van der Waals surface area contributed by atoms with Crippen molar-refractivity contribution in [3.05, 3.63) is 12.7 Å². The van der Waals surface area contributed by atoms with Gasteiger partial charge in [-0.15, -0.1) is 0 Å². The van der Waals surface area contributed by atoms with Crippen LogP contribution in [0, 0.1) is 0 Å². The third kappa shape index (κ3) is 18.6. The van der Waals surface area contributed by atoms with Crippen molar-refractivity contribution in [3.8, 4) is 0 Å². The first-order valence-electron chi connectivity index (χ1n) is 12.7. The molecule has 0 aliphatic carbocycles. The molecule has 0 rings (SSSR count). The molecule has 0 saturated heterocycles. The first kappa shape index (κ1) is 30.3. The summed E-state index contributed by atoms with van der Waals surface area (Å²) in [4.78, 5) is 10.9. The Kier molecular flexibility index (Phi) is 22.0. The highest BCUT2D eigenvalue weighted by atomic mass is 28.4. The SMILES string of the molecule is C=CC(=O)OCCCCCCCCCCCCCCCCCC[Si](OC)(OC)OCC. The molecule has 0 aromatic carbocycles. The van der Waals surface area contributed by atoms with Crippen molar-refractivity contribution in [2.45, 2.75) is 116 Å². The van der Waals surface area contributed by atoms with E-state index in [4.69, 9.17) is 18.0 Å². The largest absolute Gasteiger partial charge is 0.500 e. The van der Waals surface area contributed by atoms with Gasteiger partial charge in [0, 0.05) is 32.9 Å². The normalized spacial score (nSPS) is 11.6. The summed E-state index contributed by atoms with van der Waals surface area (Å²) in [5.74, 6) is -0.309. The van der Waals surface area contributed by atoms with Crippen LogP contribution in [-0.2, 0) is 22.8 Å². The summed E-state index contributed by atoms with van der Waals surface area (Å²) in [7, 11) is 1.04. The summed E-state index contributed by atoms with van der Waals surface area (Å²) < 4.78 is 21.8. The number of rotatable bonds is 24. The Morgan fingerprint density at radius 3 is 1.45 bits per heavy atom. The summed E-state index contributed by atoms with van der Waals surface area (Å²) in [5, 5.41) is 0. The Bertz CT molecular complexity index is 413. The van der Waals surface area contributed by atoms with Crippen LogP contribution in [0.25, 0.3) is 0 Å². The monoisotopic (exact) mass is 458 g/mol. The van der Waals surface area contributed by atoms with Gasteiger partial charge in [-0.1, -0.05) is 96.5 Å². The van der Waals surface area contributed by atoms with E-state index < -0.39 is 8.80 Å². The molecule has 0 heterocycles. The highest BCUT2D eigenvalue weighted by molar-refractivity contribution is 6.60. The third-order valence-electron chi connectivity index (χ3n) is 5.77. The average Bonchev–Trinajstić information content (AvgIpc) is 2.79. The molecule has 5 nitrogen and oxygen atoms in total. The molecule has 0 aromatic rings. The first-order chi connectivity index (χ1) is 15.1. The summed E-state index contributed by atoms with van der Waals surface area (Å²) >= 11 is 0. The maximum atomic E-state index is 10.9. The van der Waals surface area contributed by atoms with E-state index in [1.54, 1.807) is 14.2 Å². The summed E-state index contributed by atoms with van der Waals surface area (Å²) in [6.07, 6.45) is 21.9. The van der Waals surface area contributed by atoms with Crippen molar-refractivity contribution in [2.24, 2.45) is 0 Å². The van der Waals surface area contributed by atoms with Crippen LogP contribution >= 0.6 is 0 Å². The van der Waals surface area contributed by atoms with Gasteiger partial charge in [-0.25, -0.2) is 4.79 Å². The molecular weight excluding hydrogens is 408 g/mol. The van der Waals surface area contributed by atoms with E-state index >= 15 is 0 Å². The number of hydrogen-bond acceptors (Lipinski definition) is 5. The Morgan fingerprint density at radius 1 is 0.710 bits per heavy atom. The van der Waals surface area contributed by atoms with E-state index in [0.717, 1.165) is 25.3 Å². The highest BCUT2D eigenvalue weighted by Crippen LogP contribution is 2.19. The van der Waals surface area contributed by atoms with E-state index in [1.165, 1.54) is 89.5 Å². The van der Waals surface area contributed by atoms with Crippen LogP contribution in [0.1, 0.15) is 110 Å². The minimum absolute atomic E-state index is 0.309. The van der Waals surface area contributed by atoms with Gasteiger partial charge in [0.05, 0.1) is 6.61 Å². The number of hydrogen-bond donors (Lipinski definition) is 0. The lowest BCUT2D eigenvalue weighted by atomic mass is 10.0. The molecular formula is C25H50O5Si. The predicted octanol–water partition coefficient (Wildman–Crippen LogP) is 7.23. The van der Waals surface area contributed by atoms with Crippen molar-refractivity contribution >= 4 is 14.8 Å². The molecule has 0 amide bonds. The summed E-state index contributed by atoms with van der Waals surface area (Å²) in [6, 6.07) is 0.930. The Hall–Kier alpha value is -0.693. The van der Waals surface area contributed by atoms with Gasteiger partial charge < -0.3 is 18.0 Å². The molecule has 0 aliphatic rings. The molecule has 0 spiro atoms. The number of ether oxygens (including phenoxy) is 1. The first-order valence-corrected chi connectivity index (χ1v) is 14.6. The molecule has 0 aromatic heterocycles.